The van der Waals surface area contributed by atoms with Crippen LogP contribution < -0.4 is 29.4 Å². The number of carbonyl (C=O) groups is 5. The van der Waals surface area contributed by atoms with E-state index in [9.17, 15) is 45.9 Å². The van der Waals surface area contributed by atoms with Crippen molar-refractivity contribution in [2.75, 3.05) is 35.9 Å². The molecule has 27 heteroatoms. The third-order valence-corrected chi connectivity index (χ3v) is 24.7. The topological polar surface area (TPSA) is 105 Å². The lowest BCUT2D eigenvalue weighted by Crippen LogP contribution is -2.36. The van der Waals surface area contributed by atoms with Crippen molar-refractivity contribution in [3.05, 3.63) is 173 Å². The zero-order valence-corrected chi connectivity index (χ0v) is 68.1. The predicted molar refractivity (Wildman–Crippen MR) is 401 cm³/mol. The third-order valence-electron chi connectivity index (χ3n) is 17.0. The third kappa shape index (κ3) is 17.4. The number of rotatable bonds is 6. The van der Waals surface area contributed by atoms with Gasteiger partial charge in [0, 0.05) is 79.8 Å². The van der Waals surface area contributed by atoms with Gasteiger partial charge in [-0.1, -0.05) is 38.4 Å². The van der Waals surface area contributed by atoms with E-state index in [0.29, 0.717) is 40.3 Å². The molecule has 12 rings (SSSR count). The Kier molecular flexibility index (Phi) is 29.0. The monoisotopic (exact) mass is 1980 g/mol. The van der Waals surface area contributed by atoms with Gasteiger partial charge in [0.1, 0.15) is 5.82 Å². The number of hydrogen-bond donors (Lipinski definition) is 0. The molecule has 0 N–H and O–H groups in total. The molecule has 5 atom stereocenters. The maximum atomic E-state index is 13.6. The molecule has 0 saturated heterocycles. The fraction of sp³-hybridized carbons (Fsp3) is 0.348. The molecular weight excluding hydrogens is 1930 g/mol. The molecule has 6 aliphatic rings. The Balaban J connectivity index is 0.000000158. The fourth-order valence-corrected chi connectivity index (χ4v) is 18.8. The number of hydrogen-bond acceptors (Lipinski definition) is 6. The van der Waals surface area contributed by atoms with Gasteiger partial charge in [0.05, 0.1) is 40.3 Å². The molecule has 6 heterocycles. The van der Waals surface area contributed by atoms with E-state index in [0.717, 1.165) is 187 Å². The van der Waals surface area contributed by atoms with Crippen LogP contribution in [0.5, 0.6) is 0 Å². The summed E-state index contributed by atoms with van der Waals surface area (Å²) in [5, 5.41) is 0. The van der Waals surface area contributed by atoms with E-state index in [-0.39, 0.29) is 59.3 Å². The summed E-state index contributed by atoms with van der Waals surface area (Å²) < 4.78 is 73.9. The van der Waals surface area contributed by atoms with Gasteiger partial charge in [0.15, 0.2) is 23.3 Å². The fourth-order valence-electron chi connectivity index (χ4n) is 11.7. The van der Waals surface area contributed by atoms with Crippen LogP contribution in [0.4, 0.5) is 56.1 Å². The second kappa shape index (κ2) is 34.8. The summed E-state index contributed by atoms with van der Waals surface area (Å²) >= 11 is 35.9. The molecular formula is C66H62Br11F5N6O5. The van der Waals surface area contributed by atoms with Crippen LogP contribution in [-0.2, 0) is 62.5 Å². The largest absolute Gasteiger partial charge is 0.348 e. The number of benzene rings is 6. The van der Waals surface area contributed by atoms with Gasteiger partial charge >= 0.3 is 0 Å². The quantitative estimate of drug-likeness (QED) is 0.0935. The summed E-state index contributed by atoms with van der Waals surface area (Å²) in [6.45, 7) is 14.7. The highest BCUT2D eigenvalue weighted by molar-refractivity contribution is 9.12. The molecule has 0 aromatic heterocycles. The molecule has 6 aromatic rings. The van der Waals surface area contributed by atoms with Crippen molar-refractivity contribution in [3.63, 3.8) is 0 Å². The van der Waals surface area contributed by atoms with Crippen molar-refractivity contribution in [2.45, 2.75) is 142 Å². The molecule has 5 unspecified atom stereocenters. The first-order chi connectivity index (χ1) is 44.1. The van der Waals surface area contributed by atoms with E-state index in [4.69, 9.17) is 0 Å². The Labute approximate surface area is 631 Å². The molecule has 6 aromatic carbocycles. The lowest BCUT2D eigenvalue weighted by atomic mass is 9.97. The van der Waals surface area contributed by atoms with Gasteiger partial charge in [-0.2, -0.15) is 0 Å². The molecule has 0 radical (unpaired) electrons. The number of fused-ring (bicyclic) bond motifs is 6. The first kappa shape index (κ1) is 77.5. The minimum atomic E-state index is -0.306. The molecule has 0 fully saturated rings. The van der Waals surface area contributed by atoms with Crippen molar-refractivity contribution in [2.24, 2.45) is 0 Å². The molecule has 0 aliphatic carbocycles. The van der Waals surface area contributed by atoms with Gasteiger partial charge in [-0.05, 0) is 343 Å². The van der Waals surface area contributed by atoms with Crippen molar-refractivity contribution < 1.29 is 45.9 Å². The zero-order chi connectivity index (χ0) is 68.6. The van der Waals surface area contributed by atoms with Gasteiger partial charge in [0.2, 0.25) is 32.1 Å². The van der Waals surface area contributed by atoms with Gasteiger partial charge in [-0.3, -0.25) is 24.0 Å². The Hall–Kier alpha value is -2.86. The minimum absolute atomic E-state index is 0.161. The van der Waals surface area contributed by atoms with E-state index < -0.39 is 0 Å². The van der Waals surface area contributed by atoms with Crippen LogP contribution >= 0.6 is 175 Å². The van der Waals surface area contributed by atoms with Crippen LogP contribution in [0.1, 0.15) is 107 Å². The lowest BCUT2D eigenvalue weighted by Gasteiger charge is -2.33. The molecule has 0 saturated carbocycles. The number of halogens is 16. The van der Waals surface area contributed by atoms with Gasteiger partial charge < -0.3 is 29.4 Å². The standard InChI is InChI=1S/3C11H10Br2FNO.C11H10Br2FN.C11H11Br2NO.C11H11BrFNO/c3*1-6-2-3-7-9(15(6)5-16)4-8(12)11(14)10(7)13;1-2-15-5-3-4-7-9(15)6-8(12)11(14)10(7)13;1-7-2-3-9-10(13)4-8(12)5-11(9)14(7)6-15;1-7-2-3-8-10(14(7)6-15)5-4-9(13)11(8)12/h3*4-6H,2-3H2,1H3;2,6H,1,3-5H2;2*4-7H,2-3H2,1H3. The minimum Gasteiger partial charge on any atom is -0.348 e. The molecule has 93 heavy (non-hydrogen) atoms. The Bertz CT molecular complexity index is 3640. The van der Waals surface area contributed by atoms with Gasteiger partial charge in [-0.25, -0.2) is 22.0 Å². The molecule has 6 aliphatic heterocycles. The van der Waals surface area contributed by atoms with E-state index >= 15 is 0 Å². The average molecular weight is 1990 g/mol. The summed E-state index contributed by atoms with van der Waals surface area (Å²) in [4.78, 5) is 65.6. The maximum Gasteiger partial charge on any atom is 0.214 e. The van der Waals surface area contributed by atoms with Crippen LogP contribution in [0.15, 0.2) is 111 Å². The first-order valence-electron chi connectivity index (χ1n) is 29.3. The van der Waals surface area contributed by atoms with Gasteiger partial charge in [0.25, 0.3) is 0 Å². The van der Waals surface area contributed by atoms with Crippen molar-refractivity contribution >= 4 is 241 Å². The average Bonchev–Trinajstić information content (AvgIpc) is 1.10. The lowest BCUT2D eigenvalue weighted by molar-refractivity contribution is -0.108. The highest BCUT2D eigenvalue weighted by atomic mass is 79.9. The second-order valence-electron chi connectivity index (χ2n) is 22.7. The Morgan fingerprint density at radius 1 is 0.366 bits per heavy atom. The maximum absolute atomic E-state index is 13.6. The number of carbonyl (C=O) groups excluding carboxylic acids is 5. The van der Waals surface area contributed by atoms with E-state index in [1.54, 1.807) is 55.0 Å². The highest BCUT2D eigenvalue weighted by Gasteiger charge is 2.32. The summed E-state index contributed by atoms with van der Waals surface area (Å²) in [5.41, 5.74) is 11.0. The molecule has 498 valence electrons. The van der Waals surface area contributed by atoms with Crippen LogP contribution in [-0.4, -0.2) is 68.8 Å². The normalized spacial score (nSPS) is 18.9. The van der Waals surface area contributed by atoms with E-state index in [2.05, 4.69) is 189 Å². The van der Waals surface area contributed by atoms with Crippen LogP contribution in [0.25, 0.3) is 0 Å². The smallest absolute Gasteiger partial charge is 0.214 e. The Morgan fingerprint density at radius 3 is 0.989 bits per heavy atom. The number of nitrogens with zero attached hydrogens (tertiary/aromatic N) is 6. The first-order valence-corrected chi connectivity index (χ1v) is 38.0. The van der Waals surface area contributed by atoms with E-state index in [1.807, 2.05) is 50.8 Å². The van der Waals surface area contributed by atoms with E-state index in [1.165, 1.54) is 11.6 Å². The van der Waals surface area contributed by atoms with Crippen molar-refractivity contribution in [3.8, 4) is 0 Å². The second-order valence-corrected chi connectivity index (χ2v) is 31.8. The molecule has 0 bridgehead atoms. The summed E-state index contributed by atoms with van der Waals surface area (Å²) in [7, 11) is 0. The zero-order valence-electron chi connectivity index (χ0n) is 50.6. The van der Waals surface area contributed by atoms with Crippen LogP contribution in [0.3, 0.4) is 0 Å². The van der Waals surface area contributed by atoms with Crippen LogP contribution in [0.2, 0.25) is 0 Å². The predicted octanol–water partition coefficient (Wildman–Crippen LogP) is 21.6. The molecule has 11 nitrogen and oxygen atoms in total. The highest BCUT2D eigenvalue weighted by Crippen LogP contribution is 2.45. The summed E-state index contributed by atoms with van der Waals surface area (Å²) in [6.07, 6.45) is 16.5. The van der Waals surface area contributed by atoms with Gasteiger partial charge in [-0.15, -0.1) is 0 Å². The summed E-state index contributed by atoms with van der Waals surface area (Å²) in [6, 6.07) is 14.9. The molecule has 0 spiro atoms. The number of anilines is 6. The van der Waals surface area contributed by atoms with Crippen molar-refractivity contribution in [1.82, 2.24) is 0 Å². The molecule has 5 amide bonds. The van der Waals surface area contributed by atoms with Crippen molar-refractivity contribution in [1.29, 1.82) is 0 Å². The summed E-state index contributed by atoms with van der Waals surface area (Å²) in [5.74, 6) is -1.41. The number of amides is 5. The van der Waals surface area contributed by atoms with Crippen LogP contribution in [0, 0.1) is 29.1 Å². The Morgan fingerprint density at radius 2 is 0.656 bits per heavy atom. The SMILES string of the molecule is C=CN1CCCc2c1cc(Br)c(F)c2Br.CC1CCc2c(Br)cc(Br)cc2N1C=O.CC1CCc2c(cc(Br)c(F)c2Br)N1C=O.CC1CCc2c(cc(Br)c(F)c2Br)N1C=O.CC1CCc2c(cc(Br)c(F)c2Br)N1C=O.CC1CCc2c(ccc(F)c2Br)N1C=O.